The Labute approximate surface area is 154 Å². The number of aliphatic imine (C=N–C) groups is 2. The molecule has 0 N–H and O–H groups in total. The number of likely N-dealkylation sites (tertiary alicyclic amines) is 1. The van der Waals surface area contributed by atoms with Crippen LogP contribution in [0.3, 0.4) is 0 Å². The summed E-state index contributed by atoms with van der Waals surface area (Å²) in [7, 11) is 0. The highest BCUT2D eigenvalue weighted by Crippen LogP contribution is 2.29. The first-order valence-corrected chi connectivity index (χ1v) is 9.95. The molecule has 0 spiro atoms. The summed E-state index contributed by atoms with van der Waals surface area (Å²) in [6.45, 7) is 19.0. The van der Waals surface area contributed by atoms with Crippen LogP contribution in [0.1, 0.15) is 60.8 Å². The Kier molecular flexibility index (Phi) is 7.29. The highest BCUT2D eigenvalue weighted by Gasteiger charge is 2.27. The van der Waals surface area contributed by atoms with Crippen molar-refractivity contribution < 1.29 is 4.74 Å². The number of piperidine rings is 1. The summed E-state index contributed by atoms with van der Waals surface area (Å²) in [4.78, 5) is 14.6. The van der Waals surface area contributed by atoms with E-state index in [2.05, 4.69) is 51.3 Å². The van der Waals surface area contributed by atoms with Crippen LogP contribution in [0.5, 0.6) is 0 Å². The minimum absolute atomic E-state index is 0.0102. The van der Waals surface area contributed by atoms with E-state index < -0.39 is 0 Å². The molecule has 2 saturated heterocycles. The van der Waals surface area contributed by atoms with E-state index in [0.29, 0.717) is 6.04 Å². The lowest BCUT2D eigenvalue weighted by molar-refractivity contribution is 0.0673. The predicted octanol–water partition coefficient (Wildman–Crippen LogP) is 3.44. The van der Waals surface area contributed by atoms with Gasteiger partial charge in [-0.25, -0.2) is 0 Å². The van der Waals surface area contributed by atoms with Crippen molar-refractivity contribution in [2.24, 2.45) is 15.9 Å². The Morgan fingerprint density at radius 2 is 1.56 bits per heavy atom. The Morgan fingerprint density at radius 1 is 1.00 bits per heavy atom. The molecule has 2 heterocycles. The summed E-state index contributed by atoms with van der Waals surface area (Å²) in [5.74, 6) is 3.14. The summed E-state index contributed by atoms with van der Waals surface area (Å²) >= 11 is 0. The van der Waals surface area contributed by atoms with E-state index in [1.165, 1.54) is 30.9 Å². The van der Waals surface area contributed by atoms with Crippen molar-refractivity contribution >= 4 is 11.7 Å². The van der Waals surface area contributed by atoms with E-state index in [0.717, 1.165) is 45.3 Å². The lowest BCUT2D eigenvalue weighted by Crippen LogP contribution is -2.41. The van der Waals surface area contributed by atoms with Crippen LogP contribution in [0.15, 0.2) is 9.98 Å². The van der Waals surface area contributed by atoms with E-state index >= 15 is 0 Å². The second-order valence-corrected chi connectivity index (χ2v) is 8.48. The zero-order chi connectivity index (χ0) is 18.4. The SMILES string of the molecule is C/C(=N\C(C)C)N1CCC(CC(C)(C)/N=C(\C)N2CCOCC2)CC1. The monoisotopic (exact) mass is 350 g/mol. The first-order valence-electron chi connectivity index (χ1n) is 9.95. The van der Waals surface area contributed by atoms with Crippen LogP contribution in [0.2, 0.25) is 0 Å². The molecular formula is C20H38N4O. The summed E-state index contributed by atoms with van der Waals surface area (Å²) in [5.41, 5.74) is 0.0102. The Balaban J connectivity index is 1.85. The van der Waals surface area contributed by atoms with Gasteiger partial charge >= 0.3 is 0 Å². The first-order chi connectivity index (χ1) is 11.8. The van der Waals surface area contributed by atoms with Gasteiger partial charge in [0, 0.05) is 32.2 Å². The third kappa shape index (κ3) is 6.61. The Morgan fingerprint density at radius 3 is 2.12 bits per heavy atom. The van der Waals surface area contributed by atoms with Crippen molar-refractivity contribution in [3.05, 3.63) is 0 Å². The second kappa shape index (κ2) is 9.02. The van der Waals surface area contributed by atoms with Crippen molar-refractivity contribution in [2.45, 2.75) is 72.4 Å². The lowest BCUT2D eigenvalue weighted by atomic mass is 9.84. The highest BCUT2D eigenvalue weighted by atomic mass is 16.5. The van der Waals surface area contributed by atoms with Gasteiger partial charge in [-0.2, -0.15) is 0 Å². The van der Waals surface area contributed by atoms with Gasteiger partial charge in [-0.3, -0.25) is 9.98 Å². The quantitative estimate of drug-likeness (QED) is 0.576. The zero-order valence-electron chi connectivity index (χ0n) is 17.2. The molecule has 0 aromatic carbocycles. The molecule has 2 aliphatic heterocycles. The predicted molar refractivity (Wildman–Crippen MR) is 107 cm³/mol. The molecule has 0 aromatic heterocycles. The largest absolute Gasteiger partial charge is 0.378 e. The molecule has 5 heteroatoms. The van der Waals surface area contributed by atoms with Crippen LogP contribution >= 0.6 is 0 Å². The fraction of sp³-hybridized carbons (Fsp3) is 0.900. The van der Waals surface area contributed by atoms with Crippen molar-refractivity contribution in [1.82, 2.24) is 9.80 Å². The summed E-state index contributed by atoms with van der Waals surface area (Å²) in [6, 6.07) is 0.383. The van der Waals surface area contributed by atoms with Crippen LogP contribution in [0, 0.1) is 5.92 Å². The average Bonchev–Trinajstić information content (AvgIpc) is 2.54. The molecule has 2 rings (SSSR count). The van der Waals surface area contributed by atoms with Gasteiger partial charge in [0.25, 0.3) is 0 Å². The normalized spacial score (nSPS) is 22.0. The molecule has 0 radical (unpaired) electrons. The third-order valence-electron chi connectivity index (χ3n) is 5.24. The Hall–Kier alpha value is -1.10. The van der Waals surface area contributed by atoms with Crippen molar-refractivity contribution in [3.8, 4) is 0 Å². The van der Waals surface area contributed by atoms with E-state index in [-0.39, 0.29) is 5.54 Å². The molecule has 144 valence electrons. The fourth-order valence-corrected chi connectivity index (χ4v) is 4.06. The number of hydrogen-bond acceptors (Lipinski definition) is 3. The van der Waals surface area contributed by atoms with Crippen LogP contribution < -0.4 is 0 Å². The van der Waals surface area contributed by atoms with Crippen LogP contribution in [-0.2, 0) is 4.74 Å². The zero-order valence-corrected chi connectivity index (χ0v) is 17.2. The maximum Gasteiger partial charge on any atom is 0.0965 e. The van der Waals surface area contributed by atoms with Gasteiger partial charge in [-0.1, -0.05) is 0 Å². The molecule has 0 amide bonds. The number of nitrogens with zero attached hydrogens (tertiary/aromatic N) is 4. The molecule has 2 fully saturated rings. The molecule has 0 saturated carbocycles. The number of amidine groups is 2. The standard InChI is InChI=1S/C20H38N4O/c1-16(2)21-17(3)23-9-7-19(8-10-23)15-20(5,6)22-18(4)24-11-13-25-14-12-24/h16,19H,7-15H2,1-6H3/b21-17+,22-18+. The lowest BCUT2D eigenvalue weighted by Gasteiger charge is -2.37. The summed E-state index contributed by atoms with van der Waals surface area (Å²) < 4.78 is 5.44. The minimum atomic E-state index is 0.0102. The average molecular weight is 351 g/mol. The highest BCUT2D eigenvalue weighted by molar-refractivity contribution is 5.80. The molecule has 25 heavy (non-hydrogen) atoms. The van der Waals surface area contributed by atoms with E-state index in [9.17, 15) is 0 Å². The van der Waals surface area contributed by atoms with Crippen LogP contribution in [0.25, 0.3) is 0 Å². The van der Waals surface area contributed by atoms with Gasteiger partial charge in [0.05, 0.1) is 30.4 Å². The number of ether oxygens (including phenoxy) is 1. The smallest absolute Gasteiger partial charge is 0.0965 e. The number of rotatable bonds is 4. The maximum atomic E-state index is 5.44. The number of hydrogen-bond donors (Lipinski definition) is 0. The van der Waals surface area contributed by atoms with Gasteiger partial charge in [0.2, 0.25) is 0 Å². The molecule has 0 aromatic rings. The topological polar surface area (TPSA) is 40.4 Å². The fourth-order valence-electron chi connectivity index (χ4n) is 4.06. The van der Waals surface area contributed by atoms with Gasteiger partial charge in [0.1, 0.15) is 0 Å². The van der Waals surface area contributed by atoms with Gasteiger partial charge in [0.15, 0.2) is 0 Å². The van der Waals surface area contributed by atoms with Crippen LogP contribution in [-0.4, -0.2) is 72.4 Å². The number of morpholine rings is 1. The molecule has 0 unspecified atom stereocenters. The van der Waals surface area contributed by atoms with Crippen LogP contribution in [0.4, 0.5) is 0 Å². The maximum absolute atomic E-state index is 5.44. The molecule has 5 nitrogen and oxygen atoms in total. The second-order valence-electron chi connectivity index (χ2n) is 8.48. The van der Waals surface area contributed by atoms with Gasteiger partial charge in [-0.15, -0.1) is 0 Å². The van der Waals surface area contributed by atoms with Gasteiger partial charge < -0.3 is 14.5 Å². The molecular weight excluding hydrogens is 312 g/mol. The van der Waals surface area contributed by atoms with E-state index in [4.69, 9.17) is 14.7 Å². The van der Waals surface area contributed by atoms with Crippen molar-refractivity contribution in [3.63, 3.8) is 0 Å². The third-order valence-corrected chi connectivity index (χ3v) is 5.24. The summed E-state index contributed by atoms with van der Waals surface area (Å²) in [5, 5.41) is 0. The molecule has 0 aliphatic carbocycles. The minimum Gasteiger partial charge on any atom is -0.378 e. The van der Waals surface area contributed by atoms with Gasteiger partial charge in [-0.05, 0) is 66.7 Å². The molecule has 2 aliphatic rings. The first kappa shape index (κ1) is 20.2. The molecule has 0 atom stereocenters. The summed E-state index contributed by atoms with van der Waals surface area (Å²) in [6.07, 6.45) is 3.67. The van der Waals surface area contributed by atoms with Crippen molar-refractivity contribution in [2.75, 3.05) is 39.4 Å². The van der Waals surface area contributed by atoms with Crippen molar-refractivity contribution in [1.29, 1.82) is 0 Å². The van der Waals surface area contributed by atoms with E-state index in [1.807, 2.05) is 0 Å². The molecule has 0 bridgehead atoms. The Bertz CT molecular complexity index is 470. The van der Waals surface area contributed by atoms with E-state index in [1.54, 1.807) is 0 Å².